The van der Waals surface area contributed by atoms with Crippen molar-refractivity contribution in [1.29, 1.82) is 0 Å². The Labute approximate surface area is 125 Å². The highest BCUT2D eigenvalue weighted by Crippen LogP contribution is 2.32. The normalized spacial score (nSPS) is 10.7. The fourth-order valence-electron chi connectivity index (χ4n) is 1.53. The summed E-state index contributed by atoms with van der Waals surface area (Å²) >= 11 is 19.6. The molecule has 0 saturated heterocycles. The van der Waals surface area contributed by atoms with Gasteiger partial charge in [0.1, 0.15) is 0 Å². The summed E-state index contributed by atoms with van der Waals surface area (Å²) in [5.74, 6) is 0. The van der Waals surface area contributed by atoms with Crippen LogP contribution in [0.25, 0.3) is 0 Å². The standard InChI is InChI=1S/C12H11Cl3N2S/c1-7-12(18-6-17-7)2-3-16-11-5-9(14)8(13)4-10(11)15/h4-6,16H,2-3H2,1H3. The maximum Gasteiger partial charge on any atom is 0.0797 e. The van der Waals surface area contributed by atoms with Gasteiger partial charge in [0.15, 0.2) is 0 Å². The number of benzene rings is 1. The highest BCUT2D eigenvalue weighted by molar-refractivity contribution is 7.09. The number of aryl methyl sites for hydroxylation is 1. The van der Waals surface area contributed by atoms with Gasteiger partial charge in [-0.15, -0.1) is 11.3 Å². The molecule has 0 fully saturated rings. The maximum absolute atomic E-state index is 6.08. The first-order chi connectivity index (χ1) is 8.58. The van der Waals surface area contributed by atoms with Crippen molar-refractivity contribution in [2.24, 2.45) is 0 Å². The molecule has 2 aromatic rings. The van der Waals surface area contributed by atoms with E-state index < -0.39 is 0 Å². The molecule has 0 unspecified atom stereocenters. The minimum atomic E-state index is 0.463. The lowest BCUT2D eigenvalue weighted by molar-refractivity contribution is 1.02. The van der Waals surface area contributed by atoms with Crippen LogP contribution in [0.3, 0.4) is 0 Å². The Kier molecular flexibility index (Phi) is 4.73. The van der Waals surface area contributed by atoms with Gasteiger partial charge in [0.05, 0.1) is 32.0 Å². The molecule has 1 aromatic carbocycles. The second kappa shape index (κ2) is 6.11. The van der Waals surface area contributed by atoms with Gasteiger partial charge in [-0.2, -0.15) is 0 Å². The van der Waals surface area contributed by atoms with Crippen LogP contribution in [0.2, 0.25) is 15.1 Å². The average Bonchev–Trinajstić information content (AvgIpc) is 2.72. The molecular formula is C12H11Cl3N2S. The van der Waals surface area contributed by atoms with E-state index >= 15 is 0 Å². The molecule has 1 N–H and O–H groups in total. The van der Waals surface area contributed by atoms with Crippen LogP contribution >= 0.6 is 46.1 Å². The molecule has 0 amide bonds. The zero-order valence-electron chi connectivity index (χ0n) is 9.64. The molecule has 0 radical (unpaired) electrons. The van der Waals surface area contributed by atoms with Crippen LogP contribution in [0.15, 0.2) is 17.6 Å². The number of halogens is 3. The molecule has 0 aliphatic rings. The molecule has 0 spiro atoms. The Morgan fingerprint density at radius 1 is 1.17 bits per heavy atom. The van der Waals surface area contributed by atoms with Gasteiger partial charge in [0.25, 0.3) is 0 Å². The first kappa shape index (κ1) is 13.9. The lowest BCUT2D eigenvalue weighted by Crippen LogP contribution is -2.05. The van der Waals surface area contributed by atoms with Crippen molar-refractivity contribution in [3.8, 4) is 0 Å². The van der Waals surface area contributed by atoms with E-state index in [1.54, 1.807) is 23.5 Å². The largest absolute Gasteiger partial charge is 0.383 e. The molecule has 1 heterocycles. The Morgan fingerprint density at radius 3 is 2.56 bits per heavy atom. The van der Waals surface area contributed by atoms with E-state index in [1.165, 1.54) is 4.88 Å². The van der Waals surface area contributed by atoms with Gasteiger partial charge < -0.3 is 5.32 Å². The molecule has 2 rings (SSSR count). The van der Waals surface area contributed by atoms with Crippen LogP contribution in [0, 0.1) is 6.92 Å². The van der Waals surface area contributed by atoms with E-state index in [9.17, 15) is 0 Å². The average molecular weight is 322 g/mol. The summed E-state index contributed by atoms with van der Waals surface area (Å²) < 4.78 is 0. The van der Waals surface area contributed by atoms with E-state index in [-0.39, 0.29) is 0 Å². The summed E-state index contributed by atoms with van der Waals surface area (Å²) in [6.45, 7) is 2.79. The van der Waals surface area contributed by atoms with E-state index in [2.05, 4.69) is 10.3 Å². The minimum absolute atomic E-state index is 0.463. The summed E-state index contributed by atoms with van der Waals surface area (Å²) in [4.78, 5) is 5.49. The molecule has 2 nitrogen and oxygen atoms in total. The topological polar surface area (TPSA) is 24.9 Å². The number of hydrogen-bond donors (Lipinski definition) is 1. The molecule has 1 aromatic heterocycles. The maximum atomic E-state index is 6.08. The van der Waals surface area contributed by atoms with Crippen molar-refractivity contribution in [1.82, 2.24) is 4.98 Å². The zero-order valence-corrected chi connectivity index (χ0v) is 12.7. The van der Waals surface area contributed by atoms with E-state index in [0.717, 1.165) is 24.3 Å². The quantitative estimate of drug-likeness (QED) is 0.796. The Morgan fingerprint density at radius 2 is 1.89 bits per heavy atom. The summed E-state index contributed by atoms with van der Waals surface area (Å²) in [5, 5.41) is 4.79. The number of thiazole rings is 1. The third-order valence-corrected chi connectivity index (χ3v) is 4.55. The third kappa shape index (κ3) is 3.29. The predicted octanol–water partition coefficient (Wildman–Crippen LogP) is 5.07. The SMILES string of the molecule is Cc1ncsc1CCNc1cc(Cl)c(Cl)cc1Cl. The number of aromatic nitrogens is 1. The van der Waals surface area contributed by atoms with Crippen LogP contribution in [0.5, 0.6) is 0 Å². The lowest BCUT2D eigenvalue weighted by atomic mass is 10.2. The van der Waals surface area contributed by atoms with Gasteiger partial charge in [-0.05, 0) is 19.1 Å². The zero-order chi connectivity index (χ0) is 13.1. The summed E-state index contributed by atoms with van der Waals surface area (Å²) in [6, 6.07) is 3.39. The van der Waals surface area contributed by atoms with Crippen molar-refractivity contribution in [2.75, 3.05) is 11.9 Å². The van der Waals surface area contributed by atoms with Crippen LogP contribution < -0.4 is 5.32 Å². The molecule has 0 bridgehead atoms. The molecule has 0 saturated carbocycles. The molecule has 6 heteroatoms. The molecule has 18 heavy (non-hydrogen) atoms. The van der Waals surface area contributed by atoms with Crippen molar-refractivity contribution in [3.63, 3.8) is 0 Å². The van der Waals surface area contributed by atoms with Crippen molar-refractivity contribution in [2.45, 2.75) is 13.3 Å². The molecule has 0 atom stereocenters. The number of rotatable bonds is 4. The molecule has 0 aliphatic heterocycles. The summed E-state index contributed by atoms with van der Waals surface area (Å²) in [7, 11) is 0. The first-order valence-electron chi connectivity index (χ1n) is 5.35. The van der Waals surface area contributed by atoms with Crippen molar-refractivity contribution >= 4 is 51.8 Å². The lowest BCUT2D eigenvalue weighted by Gasteiger charge is -2.09. The second-order valence-corrected chi connectivity index (χ2v) is 5.94. The van der Waals surface area contributed by atoms with Gasteiger partial charge in [-0.1, -0.05) is 34.8 Å². The Balaban J connectivity index is 1.99. The summed E-state index contributed by atoms with van der Waals surface area (Å²) in [6.07, 6.45) is 0.910. The van der Waals surface area contributed by atoms with Crippen LogP contribution in [0.4, 0.5) is 5.69 Å². The number of anilines is 1. The van der Waals surface area contributed by atoms with Gasteiger partial charge in [0, 0.05) is 17.8 Å². The number of hydrogen-bond acceptors (Lipinski definition) is 3. The highest BCUT2D eigenvalue weighted by Gasteiger charge is 2.06. The summed E-state index contributed by atoms with van der Waals surface area (Å²) in [5.41, 5.74) is 3.74. The predicted molar refractivity (Wildman–Crippen MR) is 80.5 cm³/mol. The van der Waals surface area contributed by atoms with Gasteiger partial charge in [0.2, 0.25) is 0 Å². The second-order valence-electron chi connectivity index (χ2n) is 3.78. The Hall–Kier alpha value is -0.480. The fraction of sp³-hybridized carbons (Fsp3) is 0.250. The monoisotopic (exact) mass is 320 g/mol. The first-order valence-corrected chi connectivity index (χ1v) is 7.36. The fourth-order valence-corrected chi connectivity index (χ4v) is 2.93. The number of nitrogens with zero attached hydrogens (tertiary/aromatic N) is 1. The van der Waals surface area contributed by atoms with E-state index in [1.807, 2.05) is 12.4 Å². The van der Waals surface area contributed by atoms with Gasteiger partial charge >= 0.3 is 0 Å². The minimum Gasteiger partial charge on any atom is -0.383 e. The molecule has 96 valence electrons. The van der Waals surface area contributed by atoms with Crippen LogP contribution in [-0.4, -0.2) is 11.5 Å². The van der Waals surface area contributed by atoms with Crippen molar-refractivity contribution < 1.29 is 0 Å². The molecule has 0 aliphatic carbocycles. The third-order valence-electron chi connectivity index (χ3n) is 2.52. The Bertz CT molecular complexity index is 554. The van der Waals surface area contributed by atoms with E-state index in [0.29, 0.717) is 15.1 Å². The van der Waals surface area contributed by atoms with Crippen molar-refractivity contribution in [3.05, 3.63) is 43.3 Å². The van der Waals surface area contributed by atoms with Gasteiger partial charge in [-0.25, -0.2) is 4.98 Å². The number of nitrogens with one attached hydrogen (secondary N) is 1. The smallest absolute Gasteiger partial charge is 0.0797 e. The van der Waals surface area contributed by atoms with E-state index in [4.69, 9.17) is 34.8 Å². The highest BCUT2D eigenvalue weighted by atomic mass is 35.5. The van der Waals surface area contributed by atoms with Crippen LogP contribution in [0.1, 0.15) is 10.6 Å². The molecular weight excluding hydrogens is 311 g/mol. The van der Waals surface area contributed by atoms with Gasteiger partial charge in [-0.3, -0.25) is 0 Å². The van der Waals surface area contributed by atoms with Crippen LogP contribution in [-0.2, 0) is 6.42 Å².